The van der Waals surface area contributed by atoms with Crippen LogP contribution in [0.25, 0.3) is 11.1 Å². The van der Waals surface area contributed by atoms with Crippen molar-refractivity contribution >= 4 is 16.8 Å². The molecule has 1 aromatic carbocycles. The van der Waals surface area contributed by atoms with Crippen LogP contribution in [0.4, 0.5) is 0 Å². The Morgan fingerprint density at radius 2 is 2.06 bits per heavy atom. The maximum atomic E-state index is 11.0. The largest absolute Gasteiger partial charge is 0.276 e. The average Bonchev–Trinajstić information content (AvgIpc) is 2.39. The van der Waals surface area contributed by atoms with Gasteiger partial charge in [-0.25, -0.2) is 0 Å². The third-order valence-electron chi connectivity index (χ3n) is 2.29. The Kier molecular flexibility index (Phi) is 3.17. The van der Waals surface area contributed by atoms with Crippen molar-refractivity contribution in [3.8, 4) is 17.2 Å². The summed E-state index contributed by atoms with van der Waals surface area (Å²) in [4.78, 5) is 15.0. The molecule has 1 heterocycles. The van der Waals surface area contributed by atoms with Gasteiger partial charge < -0.3 is 0 Å². The second-order valence-electron chi connectivity index (χ2n) is 3.43. The first kappa shape index (κ1) is 11.3. The average molecular weight is 243 g/mol. The summed E-state index contributed by atoms with van der Waals surface area (Å²) in [7, 11) is 0. The maximum Gasteiger partial charge on any atom is 0.253 e. The zero-order chi connectivity index (χ0) is 12.3. The van der Waals surface area contributed by atoms with Gasteiger partial charge in [0.2, 0.25) is 0 Å². The molecule has 0 fully saturated rings. The van der Waals surface area contributed by atoms with Crippen molar-refractivity contribution in [3.63, 3.8) is 0 Å². The molecule has 0 radical (unpaired) electrons. The molecule has 82 valence electrons. The SMILES string of the molecule is N#Cc1cccc(-c2cncc(C(=O)Cl)c2)c1. The van der Waals surface area contributed by atoms with Crippen LogP contribution in [-0.2, 0) is 0 Å². The minimum Gasteiger partial charge on any atom is -0.276 e. The Labute approximate surface area is 103 Å². The van der Waals surface area contributed by atoms with E-state index >= 15 is 0 Å². The molecule has 0 atom stereocenters. The first-order valence-electron chi connectivity index (χ1n) is 4.86. The molecule has 0 saturated carbocycles. The summed E-state index contributed by atoms with van der Waals surface area (Å²) in [6, 6.07) is 10.8. The molecule has 0 aliphatic heterocycles. The van der Waals surface area contributed by atoms with Gasteiger partial charge in [0.15, 0.2) is 0 Å². The van der Waals surface area contributed by atoms with Gasteiger partial charge in [-0.3, -0.25) is 9.78 Å². The van der Waals surface area contributed by atoms with E-state index < -0.39 is 5.24 Å². The molecule has 3 nitrogen and oxygen atoms in total. The first-order chi connectivity index (χ1) is 8.20. The number of benzene rings is 1. The number of halogens is 1. The Balaban J connectivity index is 2.49. The lowest BCUT2D eigenvalue weighted by atomic mass is 10.0. The number of aromatic nitrogens is 1. The summed E-state index contributed by atoms with van der Waals surface area (Å²) in [6.45, 7) is 0. The summed E-state index contributed by atoms with van der Waals surface area (Å²) < 4.78 is 0. The fraction of sp³-hybridized carbons (Fsp3) is 0. The zero-order valence-electron chi connectivity index (χ0n) is 8.72. The molecule has 0 saturated heterocycles. The molecular weight excluding hydrogens is 236 g/mol. The van der Waals surface area contributed by atoms with Crippen LogP contribution in [-0.4, -0.2) is 10.2 Å². The summed E-state index contributed by atoms with van der Waals surface area (Å²) in [6.07, 6.45) is 3.03. The van der Waals surface area contributed by atoms with Gasteiger partial charge in [-0.05, 0) is 35.4 Å². The van der Waals surface area contributed by atoms with E-state index in [9.17, 15) is 4.79 Å². The number of rotatable bonds is 2. The monoisotopic (exact) mass is 242 g/mol. The van der Waals surface area contributed by atoms with Crippen molar-refractivity contribution in [3.05, 3.63) is 53.9 Å². The van der Waals surface area contributed by atoms with Crippen molar-refractivity contribution < 1.29 is 4.79 Å². The van der Waals surface area contributed by atoms with E-state index in [4.69, 9.17) is 16.9 Å². The van der Waals surface area contributed by atoms with Gasteiger partial charge in [-0.2, -0.15) is 5.26 Å². The van der Waals surface area contributed by atoms with E-state index in [1.54, 1.807) is 30.5 Å². The van der Waals surface area contributed by atoms with Crippen molar-refractivity contribution in [2.75, 3.05) is 0 Å². The lowest BCUT2D eigenvalue weighted by Gasteiger charge is -2.02. The van der Waals surface area contributed by atoms with Crippen molar-refractivity contribution in [1.29, 1.82) is 5.26 Å². The molecule has 0 unspecified atom stereocenters. The smallest absolute Gasteiger partial charge is 0.253 e. The highest BCUT2D eigenvalue weighted by Crippen LogP contribution is 2.20. The van der Waals surface area contributed by atoms with Crippen molar-refractivity contribution in [2.45, 2.75) is 0 Å². The molecule has 4 heteroatoms. The Bertz CT molecular complexity index is 617. The highest BCUT2D eigenvalue weighted by molar-refractivity contribution is 6.67. The number of carbonyl (C=O) groups is 1. The summed E-state index contributed by atoms with van der Waals surface area (Å²) in [5.41, 5.74) is 2.49. The third-order valence-corrected chi connectivity index (χ3v) is 2.51. The van der Waals surface area contributed by atoms with E-state index in [1.165, 1.54) is 6.20 Å². The molecule has 2 aromatic rings. The highest BCUT2D eigenvalue weighted by atomic mass is 35.5. The van der Waals surface area contributed by atoms with Crippen LogP contribution in [0.1, 0.15) is 15.9 Å². The molecule has 2 rings (SSSR count). The fourth-order valence-corrected chi connectivity index (χ4v) is 1.58. The maximum absolute atomic E-state index is 11.0. The van der Waals surface area contributed by atoms with Gasteiger partial charge in [0.25, 0.3) is 5.24 Å². The topological polar surface area (TPSA) is 53.8 Å². The second-order valence-corrected chi connectivity index (χ2v) is 3.77. The van der Waals surface area contributed by atoms with Crippen LogP contribution in [0.3, 0.4) is 0 Å². The van der Waals surface area contributed by atoms with Crippen LogP contribution in [0.15, 0.2) is 42.7 Å². The minimum absolute atomic E-state index is 0.339. The van der Waals surface area contributed by atoms with Crippen LogP contribution in [0.2, 0.25) is 0 Å². The van der Waals surface area contributed by atoms with Crippen LogP contribution in [0.5, 0.6) is 0 Å². The number of hydrogen-bond acceptors (Lipinski definition) is 3. The normalized spacial score (nSPS) is 9.65. The van der Waals surface area contributed by atoms with Gasteiger partial charge in [-0.15, -0.1) is 0 Å². The number of hydrogen-bond donors (Lipinski definition) is 0. The van der Waals surface area contributed by atoms with Crippen molar-refractivity contribution in [1.82, 2.24) is 4.98 Å². The molecular formula is C13H7ClN2O. The predicted molar refractivity (Wildman–Crippen MR) is 64.6 cm³/mol. The Morgan fingerprint density at radius 1 is 1.24 bits per heavy atom. The van der Waals surface area contributed by atoms with Crippen LogP contribution in [0, 0.1) is 11.3 Å². The number of carbonyl (C=O) groups excluding carboxylic acids is 1. The van der Waals surface area contributed by atoms with E-state index in [0.29, 0.717) is 11.1 Å². The minimum atomic E-state index is -0.546. The summed E-state index contributed by atoms with van der Waals surface area (Å²) >= 11 is 5.39. The van der Waals surface area contributed by atoms with Gasteiger partial charge in [-0.1, -0.05) is 12.1 Å². The summed E-state index contributed by atoms with van der Waals surface area (Å²) in [5.74, 6) is 0. The van der Waals surface area contributed by atoms with E-state index in [0.717, 1.165) is 11.1 Å². The number of pyridine rings is 1. The van der Waals surface area contributed by atoms with Crippen LogP contribution >= 0.6 is 11.6 Å². The van der Waals surface area contributed by atoms with E-state index in [1.807, 2.05) is 6.07 Å². The van der Waals surface area contributed by atoms with Crippen molar-refractivity contribution in [2.24, 2.45) is 0 Å². The molecule has 0 aliphatic rings. The number of nitriles is 1. The lowest BCUT2D eigenvalue weighted by Crippen LogP contribution is -1.91. The molecule has 0 bridgehead atoms. The molecule has 1 aromatic heterocycles. The quantitative estimate of drug-likeness (QED) is 0.761. The molecule has 17 heavy (non-hydrogen) atoms. The van der Waals surface area contributed by atoms with E-state index in [2.05, 4.69) is 11.1 Å². The first-order valence-corrected chi connectivity index (χ1v) is 5.24. The Morgan fingerprint density at radius 3 is 2.76 bits per heavy atom. The van der Waals surface area contributed by atoms with Gasteiger partial charge in [0, 0.05) is 18.0 Å². The number of nitrogens with zero attached hydrogens (tertiary/aromatic N) is 2. The second kappa shape index (κ2) is 4.77. The zero-order valence-corrected chi connectivity index (χ0v) is 9.48. The predicted octanol–water partition coefficient (Wildman–Crippen LogP) is 3.00. The fourth-order valence-electron chi connectivity index (χ4n) is 1.47. The summed E-state index contributed by atoms with van der Waals surface area (Å²) in [5, 5.41) is 8.27. The van der Waals surface area contributed by atoms with E-state index in [-0.39, 0.29) is 0 Å². The molecule has 0 aliphatic carbocycles. The third kappa shape index (κ3) is 2.49. The Hall–Kier alpha value is -2.18. The standard InChI is InChI=1S/C13H7ClN2O/c14-13(17)12-5-11(7-16-8-12)10-3-1-2-9(4-10)6-15/h1-5,7-8H. The van der Waals surface area contributed by atoms with Gasteiger partial charge >= 0.3 is 0 Å². The highest BCUT2D eigenvalue weighted by Gasteiger charge is 2.05. The molecule has 0 amide bonds. The molecule has 0 spiro atoms. The van der Waals surface area contributed by atoms with Gasteiger partial charge in [0.1, 0.15) is 0 Å². The van der Waals surface area contributed by atoms with Crippen LogP contribution < -0.4 is 0 Å². The molecule has 0 N–H and O–H groups in total. The lowest BCUT2D eigenvalue weighted by molar-refractivity contribution is 0.108. The van der Waals surface area contributed by atoms with Gasteiger partial charge in [0.05, 0.1) is 17.2 Å².